The maximum absolute atomic E-state index is 5.41. The van der Waals surface area contributed by atoms with Gasteiger partial charge < -0.3 is 10.1 Å². The summed E-state index contributed by atoms with van der Waals surface area (Å²) in [6.07, 6.45) is 6.76. The molecule has 0 bridgehead atoms. The molecule has 2 aliphatic rings. The first-order chi connectivity index (χ1) is 7.77. The van der Waals surface area contributed by atoms with Crippen LogP contribution in [0.15, 0.2) is 0 Å². The van der Waals surface area contributed by atoms with Crippen LogP contribution < -0.4 is 5.32 Å². The quantitative estimate of drug-likeness (QED) is 0.797. The highest BCUT2D eigenvalue weighted by Gasteiger charge is 2.27. The summed E-state index contributed by atoms with van der Waals surface area (Å²) in [4.78, 5) is 0. The third-order valence-electron chi connectivity index (χ3n) is 4.53. The molecule has 2 atom stereocenters. The summed E-state index contributed by atoms with van der Waals surface area (Å²) in [5.74, 6) is 2.59. The molecule has 0 aromatic carbocycles. The second-order valence-electron chi connectivity index (χ2n) is 5.88. The van der Waals surface area contributed by atoms with E-state index in [0.29, 0.717) is 0 Å². The molecule has 2 nitrogen and oxygen atoms in total. The van der Waals surface area contributed by atoms with Gasteiger partial charge in [-0.2, -0.15) is 0 Å². The maximum atomic E-state index is 5.41. The zero-order valence-corrected chi connectivity index (χ0v) is 10.9. The van der Waals surface area contributed by atoms with E-state index in [4.69, 9.17) is 4.74 Å². The van der Waals surface area contributed by atoms with Gasteiger partial charge in [-0.05, 0) is 50.0 Å². The minimum Gasteiger partial charge on any atom is -0.381 e. The van der Waals surface area contributed by atoms with E-state index in [2.05, 4.69) is 19.2 Å². The highest BCUT2D eigenvalue weighted by molar-refractivity contribution is 4.84. The molecule has 1 heterocycles. The predicted molar refractivity (Wildman–Crippen MR) is 67.5 cm³/mol. The Morgan fingerprint density at radius 2 is 1.62 bits per heavy atom. The van der Waals surface area contributed by atoms with Gasteiger partial charge >= 0.3 is 0 Å². The molecule has 0 spiro atoms. The summed E-state index contributed by atoms with van der Waals surface area (Å²) in [7, 11) is 0. The van der Waals surface area contributed by atoms with Crippen molar-refractivity contribution in [1.82, 2.24) is 5.32 Å². The molecular weight excluding hydrogens is 198 g/mol. The summed E-state index contributed by atoms with van der Waals surface area (Å²) in [6.45, 7) is 7.99. The van der Waals surface area contributed by atoms with E-state index in [1.807, 2.05) is 0 Å². The Morgan fingerprint density at radius 3 is 2.25 bits per heavy atom. The Bertz CT molecular complexity index is 191. The lowest BCUT2D eigenvalue weighted by Crippen LogP contribution is -2.45. The summed E-state index contributed by atoms with van der Waals surface area (Å²) in [6, 6.07) is 0.761. The van der Waals surface area contributed by atoms with Crippen LogP contribution in [0.25, 0.3) is 0 Å². The van der Waals surface area contributed by atoms with Gasteiger partial charge in [0.2, 0.25) is 0 Å². The first-order valence-corrected chi connectivity index (χ1v) is 7.08. The molecule has 94 valence electrons. The van der Waals surface area contributed by atoms with E-state index in [9.17, 15) is 0 Å². The van der Waals surface area contributed by atoms with E-state index in [1.165, 1.54) is 38.6 Å². The van der Waals surface area contributed by atoms with E-state index in [0.717, 1.165) is 37.0 Å². The molecular formula is C14H27NO. The third kappa shape index (κ3) is 3.21. The Morgan fingerprint density at radius 1 is 1.00 bits per heavy atom. The van der Waals surface area contributed by atoms with Gasteiger partial charge in [-0.3, -0.25) is 0 Å². The van der Waals surface area contributed by atoms with E-state index in [-0.39, 0.29) is 0 Å². The van der Waals surface area contributed by atoms with Crippen LogP contribution in [-0.4, -0.2) is 25.8 Å². The number of hydrogen-bond acceptors (Lipinski definition) is 2. The van der Waals surface area contributed by atoms with Crippen molar-refractivity contribution in [1.29, 1.82) is 0 Å². The fourth-order valence-electron chi connectivity index (χ4n) is 3.34. The molecule has 1 saturated carbocycles. The van der Waals surface area contributed by atoms with Crippen LogP contribution in [0, 0.1) is 17.8 Å². The van der Waals surface area contributed by atoms with E-state index >= 15 is 0 Å². The summed E-state index contributed by atoms with van der Waals surface area (Å²) in [5.41, 5.74) is 0. The van der Waals surface area contributed by atoms with Gasteiger partial charge in [0.1, 0.15) is 0 Å². The van der Waals surface area contributed by atoms with Crippen molar-refractivity contribution >= 4 is 0 Å². The Labute approximate surface area is 100 Å². The molecule has 0 aromatic rings. The normalized spacial score (nSPS) is 37.5. The Kier molecular flexibility index (Phi) is 4.66. The predicted octanol–water partition coefficient (Wildman–Crippen LogP) is 2.83. The molecule has 1 aliphatic carbocycles. The van der Waals surface area contributed by atoms with Crippen LogP contribution in [0.3, 0.4) is 0 Å². The van der Waals surface area contributed by atoms with Gasteiger partial charge in [0.05, 0.1) is 0 Å². The minimum atomic E-state index is 0.761. The van der Waals surface area contributed by atoms with Gasteiger partial charge in [-0.15, -0.1) is 0 Å². The average molecular weight is 225 g/mol. The van der Waals surface area contributed by atoms with Crippen LogP contribution in [0.4, 0.5) is 0 Å². The zero-order valence-electron chi connectivity index (χ0n) is 10.9. The van der Waals surface area contributed by atoms with E-state index in [1.54, 1.807) is 0 Å². The lowest BCUT2D eigenvalue weighted by atomic mass is 9.78. The fraction of sp³-hybridized carbons (Fsp3) is 1.00. The monoisotopic (exact) mass is 225 g/mol. The van der Waals surface area contributed by atoms with Crippen molar-refractivity contribution in [3.63, 3.8) is 0 Å². The zero-order chi connectivity index (χ0) is 11.4. The second-order valence-corrected chi connectivity index (χ2v) is 5.88. The SMILES string of the molecule is CC1CCCC(C)C1NCC1CCOCC1. The number of ether oxygens (including phenoxy) is 1. The third-order valence-corrected chi connectivity index (χ3v) is 4.53. The lowest BCUT2D eigenvalue weighted by molar-refractivity contribution is 0.0627. The second kappa shape index (κ2) is 6.02. The number of rotatable bonds is 3. The maximum Gasteiger partial charge on any atom is 0.0469 e. The number of hydrogen-bond donors (Lipinski definition) is 1. The van der Waals surface area contributed by atoms with Gasteiger partial charge in [-0.25, -0.2) is 0 Å². The lowest BCUT2D eigenvalue weighted by Gasteiger charge is -2.36. The van der Waals surface area contributed by atoms with Gasteiger partial charge in [-0.1, -0.05) is 20.3 Å². The van der Waals surface area contributed by atoms with Crippen LogP contribution in [0.1, 0.15) is 46.0 Å². The number of nitrogens with one attached hydrogen (secondary N) is 1. The molecule has 2 unspecified atom stereocenters. The van der Waals surface area contributed by atoms with Crippen molar-refractivity contribution in [3.05, 3.63) is 0 Å². The Hall–Kier alpha value is -0.0800. The van der Waals surface area contributed by atoms with Crippen molar-refractivity contribution in [2.75, 3.05) is 19.8 Å². The topological polar surface area (TPSA) is 21.3 Å². The van der Waals surface area contributed by atoms with Gasteiger partial charge in [0.25, 0.3) is 0 Å². The summed E-state index contributed by atoms with van der Waals surface area (Å²) >= 11 is 0. The van der Waals surface area contributed by atoms with Crippen molar-refractivity contribution in [2.24, 2.45) is 17.8 Å². The van der Waals surface area contributed by atoms with Crippen molar-refractivity contribution < 1.29 is 4.74 Å². The van der Waals surface area contributed by atoms with Gasteiger partial charge in [0, 0.05) is 19.3 Å². The smallest absolute Gasteiger partial charge is 0.0469 e. The Balaban J connectivity index is 1.74. The molecule has 1 N–H and O–H groups in total. The van der Waals surface area contributed by atoms with Crippen molar-refractivity contribution in [2.45, 2.75) is 52.0 Å². The van der Waals surface area contributed by atoms with Gasteiger partial charge in [0.15, 0.2) is 0 Å². The highest BCUT2D eigenvalue weighted by Crippen LogP contribution is 2.29. The van der Waals surface area contributed by atoms with E-state index < -0.39 is 0 Å². The highest BCUT2D eigenvalue weighted by atomic mass is 16.5. The van der Waals surface area contributed by atoms with Crippen molar-refractivity contribution in [3.8, 4) is 0 Å². The summed E-state index contributed by atoms with van der Waals surface area (Å²) < 4.78 is 5.41. The molecule has 1 aliphatic heterocycles. The molecule has 0 radical (unpaired) electrons. The molecule has 1 saturated heterocycles. The van der Waals surface area contributed by atoms with Crippen LogP contribution in [0.2, 0.25) is 0 Å². The largest absolute Gasteiger partial charge is 0.381 e. The average Bonchev–Trinajstić information content (AvgIpc) is 2.30. The first-order valence-electron chi connectivity index (χ1n) is 7.08. The molecule has 16 heavy (non-hydrogen) atoms. The molecule has 2 fully saturated rings. The molecule has 2 rings (SSSR count). The standard InChI is InChI=1S/C14H27NO/c1-11-4-3-5-12(2)14(11)15-10-13-6-8-16-9-7-13/h11-15H,3-10H2,1-2H3. The van der Waals surface area contributed by atoms with Crippen LogP contribution in [0.5, 0.6) is 0 Å². The molecule has 2 heteroatoms. The minimum absolute atomic E-state index is 0.761. The fourth-order valence-corrected chi connectivity index (χ4v) is 3.34. The van der Waals surface area contributed by atoms with Crippen LogP contribution in [-0.2, 0) is 4.74 Å². The molecule has 0 amide bonds. The summed E-state index contributed by atoms with van der Waals surface area (Å²) in [5, 5.41) is 3.84. The van der Waals surface area contributed by atoms with Crippen LogP contribution >= 0.6 is 0 Å². The molecule has 0 aromatic heterocycles. The first kappa shape index (κ1) is 12.4.